The monoisotopic (exact) mass is 421 g/mol. The highest BCUT2D eigenvalue weighted by molar-refractivity contribution is 6.35. The highest BCUT2D eigenvalue weighted by atomic mass is 35.5. The number of nitrogens with zero attached hydrogens (tertiary/aromatic N) is 1. The Hall–Kier alpha value is -2.44. The second-order valence-corrected chi connectivity index (χ2v) is 7.46. The summed E-state index contributed by atoms with van der Waals surface area (Å²) in [5, 5.41) is 4.24. The lowest BCUT2D eigenvalue weighted by molar-refractivity contribution is -0.131. The number of benzene rings is 2. The topological polar surface area (TPSA) is 84.7 Å². The molecule has 0 radical (unpaired) electrons. The van der Waals surface area contributed by atoms with Crippen LogP contribution < -0.4 is 11.1 Å². The number of halogens is 2. The maximum atomic E-state index is 12.8. The van der Waals surface area contributed by atoms with Gasteiger partial charge in [-0.3, -0.25) is 4.79 Å². The van der Waals surface area contributed by atoms with Gasteiger partial charge in [0.2, 0.25) is 5.91 Å². The van der Waals surface area contributed by atoms with Gasteiger partial charge in [0.15, 0.2) is 0 Å². The zero-order valence-corrected chi connectivity index (χ0v) is 17.1. The predicted molar refractivity (Wildman–Crippen MR) is 111 cm³/mol. The van der Waals surface area contributed by atoms with Crippen LogP contribution in [0.15, 0.2) is 30.3 Å². The van der Waals surface area contributed by atoms with E-state index in [0.29, 0.717) is 28.7 Å². The van der Waals surface area contributed by atoms with Crippen molar-refractivity contribution in [2.45, 2.75) is 19.4 Å². The molecule has 1 atom stereocenters. The Bertz CT molecular complexity index is 933. The van der Waals surface area contributed by atoms with E-state index < -0.39 is 5.97 Å². The summed E-state index contributed by atoms with van der Waals surface area (Å²) in [5.74, 6) is -0.558. The number of nitrogens with two attached hydrogens (primary N) is 1. The molecule has 1 aliphatic heterocycles. The summed E-state index contributed by atoms with van der Waals surface area (Å²) in [5.41, 5.74) is 9.13. The van der Waals surface area contributed by atoms with Gasteiger partial charge in [0.25, 0.3) is 0 Å². The van der Waals surface area contributed by atoms with Crippen molar-refractivity contribution in [3.63, 3.8) is 0 Å². The molecule has 148 valence electrons. The van der Waals surface area contributed by atoms with E-state index in [-0.39, 0.29) is 29.7 Å². The number of esters is 1. The summed E-state index contributed by atoms with van der Waals surface area (Å²) in [6, 6.07) is 8.32. The van der Waals surface area contributed by atoms with Gasteiger partial charge in [0.05, 0.1) is 25.3 Å². The molecule has 0 aromatic heterocycles. The summed E-state index contributed by atoms with van der Waals surface area (Å²) in [4.78, 5) is 26.2. The number of anilines is 2. The molecule has 0 spiro atoms. The molecule has 3 N–H and O–H groups in total. The lowest BCUT2D eigenvalue weighted by Crippen LogP contribution is -2.41. The van der Waals surface area contributed by atoms with Crippen molar-refractivity contribution >= 4 is 46.5 Å². The summed E-state index contributed by atoms with van der Waals surface area (Å²) >= 11 is 12.4. The zero-order chi connectivity index (χ0) is 20.4. The first-order valence-electron chi connectivity index (χ1n) is 8.80. The molecular weight excluding hydrogens is 401 g/mol. The molecule has 2 aromatic rings. The number of carbonyl (C=O) groups is 2. The van der Waals surface area contributed by atoms with Gasteiger partial charge in [0, 0.05) is 28.0 Å². The van der Waals surface area contributed by atoms with Crippen molar-refractivity contribution in [2.24, 2.45) is 0 Å². The van der Waals surface area contributed by atoms with Crippen molar-refractivity contribution in [3.8, 4) is 0 Å². The third-order valence-electron chi connectivity index (χ3n) is 4.91. The highest BCUT2D eigenvalue weighted by Crippen LogP contribution is 2.36. The van der Waals surface area contributed by atoms with Crippen molar-refractivity contribution in [1.82, 2.24) is 4.90 Å². The van der Waals surface area contributed by atoms with Crippen LogP contribution in [0.1, 0.15) is 34.5 Å². The Kier molecular flexibility index (Phi) is 6.01. The summed E-state index contributed by atoms with van der Waals surface area (Å²) in [7, 11) is 1.30. The summed E-state index contributed by atoms with van der Waals surface area (Å²) < 4.78 is 4.67. The molecule has 28 heavy (non-hydrogen) atoms. The van der Waals surface area contributed by atoms with E-state index in [9.17, 15) is 9.59 Å². The molecule has 3 rings (SSSR count). The first-order valence-corrected chi connectivity index (χ1v) is 9.56. The third-order valence-corrected chi connectivity index (χ3v) is 5.44. The van der Waals surface area contributed by atoms with Crippen LogP contribution in [0.5, 0.6) is 0 Å². The van der Waals surface area contributed by atoms with Crippen LogP contribution in [0.4, 0.5) is 11.4 Å². The molecule has 1 heterocycles. The molecule has 0 saturated heterocycles. The van der Waals surface area contributed by atoms with E-state index in [4.69, 9.17) is 28.9 Å². The minimum atomic E-state index is -0.502. The molecular formula is C20H21Cl2N3O3. The molecule has 0 aliphatic carbocycles. The number of methoxy groups -OCH3 is 1. The number of hydrogen-bond donors (Lipinski definition) is 2. The Labute approximate surface area is 173 Å². The van der Waals surface area contributed by atoms with Gasteiger partial charge >= 0.3 is 5.97 Å². The molecule has 1 unspecified atom stereocenters. The smallest absolute Gasteiger partial charge is 0.339 e. The summed E-state index contributed by atoms with van der Waals surface area (Å²) in [6.07, 6.45) is 0.701. The third kappa shape index (κ3) is 4.03. The van der Waals surface area contributed by atoms with Gasteiger partial charge in [-0.2, -0.15) is 0 Å². The van der Waals surface area contributed by atoms with Crippen LogP contribution in [0.25, 0.3) is 0 Å². The fourth-order valence-corrected chi connectivity index (χ4v) is 4.19. The normalized spacial score (nSPS) is 15.7. The summed E-state index contributed by atoms with van der Waals surface area (Å²) in [6.45, 7) is 2.65. The zero-order valence-electron chi connectivity index (χ0n) is 15.6. The standard InChI is InChI=1S/C20H21Cl2N3O3/c1-11-19-12(7-13(21)8-16(19)22)5-6-25(11)18(26)10-24-14-3-4-15(17(23)9-14)20(27)28-2/h3-4,7-9,11,24H,5-6,10,23H2,1-2H3. The lowest BCUT2D eigenvalue weighted by Gasteiger charge is -2.36. The Balaban J connectivity index is 1.69. The van der Waals surface area contributed by atoms with Gasteiger partial charge in [-0.1, -0.05) is 23.2 Å². The van der Waals surface area contributed by atoms with E-state index in [2.05, 4.69) is 10.1 Å². The van der Waals surface area contributed by atoms with E-state index in [1.807, 2.05) is 13.0 Å². The fourth-order valence-electron chi connectivity index (χ4n) is 3.49. The van der Waals surface area contributed by atoms with Crippen LogP contribution in [-0.4, -0.2) is 37.0 Å². The van der Waals surface area contributed by atoms with Crippen molar-refractivity contribution < 1.29 is 14.3 Å². The van der Waals surface area contributed by atoms with E-state index in [1.165, 1.54) is 7.11 Å². The maximum Gasteiger partial charge on any atom is 0.339 e. The molecule has 0 bridgehead atoms. The SMILES string of the molecule is COC(=O)c1ccc(NCC(=O)N2CCc3cc(Cl)cc(Cl)c3C2C)cc1N. The Morgan fingerprint density at radius 2 is 2.04 bits per heavy atom. The van der Waals surface area contributed by atoms with E-state index in [1.54, 1.807) is 29.2 Å². The van der Waals surface area contributed by atoms with Crippen LogP contribution in [0, 0.1) is 0 Å². The first-order chi connectivity index (χ1) is 13.3. The highest BCUT2D eigenvalue weighted by Gasteiger charge is 2.29. The van der Waals surface area contributed by atoms with Crippen LogP contribution in [0.2, 0.25) is 10.0 Å². The fraction of sp³-hybridized carbons (Fsp3) is 0.300. The van der Waals surface area contributed by atoms with E-state index >= 15 is 0 Å². The second kappa shape index (κ2) is 8.29. The molecule has 6 nitrogen and oxygen atoms in total. The number of rotatable bonds is 4. The number of nitrogen functional groups attached to an aromatic ring is 1. The second-order valence-electron chi connectivity index (χ2n) is 6.62. The number of nitrogens with one attached hydrogen (secondary N) is 1. The van der Waals surface area contributed by atoms with Gasteiger partial charge < -0.3 is 20.7 Å². The number of amides is 1. The van der Waals surface area contributed by atoms with Crippen LogP contribution >= 0.6 is 23.2 Å². The predicted octanol–water partition coefficient (Wildman–Crippen LogP) is 3.92. The van der Waals surface area contributed by atoms with Gasteiger partial charge in [0.1, 0.15) is 0 Å². The molecule has 1 aliphatic rings. The minimum absolute atomic E-state index is 0.0558. The lowest BCUT2D eigenvalue weighted by atomic mass is 9.93. The van der Waals surface area contributed by atoms with Gasteiger partial charge in [-0.05, 0) is 54.8 Å². The molecule has 8 heteroatoms. The largest absolute Gasteiger partial charge is 0.465 e. The van der Waals surface area contributed by atoms with Crippen LogP contribution in [-0.2, 0) is 16.0 Å². The molecule has 1 amide bonds. The minimum Gasteiger partial charge on any atom is -0.465 e. The Morgan fingerprint density at radius 1 is 1.29 bits per heavy atom. The molecule has 0 saturated carbocycles. The number of ether oxygens (including phenoxy) is 1. The quantitative estimate of drug-likeness (QED) is 0.577. The number of fused-ring (bicyclic) bond motifs is 1. The number of hydrogen-bond acceptors (Lipinski definition) is 5. The Morgan fingerprint density at radius 3 is 2.71 bits per heavy atom. The van der Waals surface area contributed by atoms with Crippen molar-refractivity contribution in [3.05, 3.63) is 57.1 Å². The molecule has 0 fully saturated rings. The molecule has 2 aromatic carbocycles. The van der Waals surface area contributed by atoms with Crippen molar-refractivity contribution in [1.29, 1.82) is 0 Å². The van der Waals surface area contributed by atoms with Gasteiger partial charge in [-0.15, -0.1) is 0 Å². The van der Waals surface area contributed by atoms with Gasteiger partial charge in [-0.25, -0.2) is 4.79 Å². The van der Waals surface area contributed by atoms with E-state index in [0.717, 1.165) is 11.1 Å². The van der Waals surface area contributed by atoms with Crippen molar-refractivity contribution in [2.75, 3.05) is 31.2 Å². The first kappa shape index (κ1) is 20.3. The number of carbonyl (C=O) groups excluding carboxylic acids is 2. The van der Waals surface area contributed by atoms with Crippen LogP contribution in [0.3, 0.4) is 0 Å². The maximum absolute atomic E-state index is 12.8. The average molecular weight is 422 g/mol. The average Bonchev–Trinajstić information content (AvgIpc) is 2.65.